The van der Waals surface area contributed by atoms with Crippen LogP contribution in [-0.2, 0) is 10.2 Å². The summed E-state index contributed by atoms with van der Waals surface area (Å²) in [5.74, 6) is 0.959. The van der Waals surface area contributed by atoms with Crippen LogP contribution in [0.1, 0.15) is 44.1 Å². The molecule has 122 valence electrons. The van der Waals surface area contributed by atoms with E-state index in [0.717, 1.165) is 19.0 Å². The van der Waals surface area contributed by atoms with Gasteiger partial charge >= 0.3 is 0 Å². The van der Waals surface area contributed by atoms with Gasteiger partial charge in [-0.25, -0.2) is 0 Å². The predicted molar refractivity (Wildman–Crippen MR) is 92.4 cm³/mol. The molecular formula is C18H27ClN2O. The summed E-state index contributed by atoms with van der Waals surface area (Å²) >= 11 is 0. The maximum absolute atomic E-state index is 12.0. The molecule has 0 saturated heterocycles. The van der Waals surface area contributed by atoms with Crippen molar-refractivity contribution in [2.75, 3.05) is 19.6 Å². The molecule has 4 heteroatoms. The van der Waals surface area contributed by atoms with Gasteiger partial charge in [0.25, 0.3) is 0 Å². The van der Waals surface area contributed by atoms with E-state index in [-0.39, 0.29) is 23.7 Å². The quantitative estimate of drug-likeness (QED) is 0.810. The molecule has 2 aliphatic rings. The van der Waals surface area contributed by atoms with E-state index in [9.17, 15) is 4.79 Å². The van der Waals surface area contributed by atoms with Gasteiger partial charge in [0.05, 0.1) is 6.54 Å². The molecule has 3 rings (SSSR count). The number of carbonyl (C=O) groups excluding carboxylic acids is 1. The average Bonchev–Trinajstić information content (AvgIpc) is 3.22. The van der Waals surface area contributed by atoms with Crippen LogP contribution in [-0.4, -0.2) is 25.5 Å². The first-order valence-electron chi connectivity index (χ1n) is 8.31. The van der Waals surface area contributed by atoms with Crippen LogP contribution in [0.2, 0.25) is 0 Å². The molecule has 1 amide bonds. The number of rotatable bonds is 7. The van der Waals surface area contributed by atoms with Crippen molar-refractivity contribution in [3.63, 3.8) is 0 Å². The van der Waals surface area contributed by atoms with Crippen LogP contribution in [0.4, 0.5) is 0 Å². The molecule has 0 heterocycles. The summed E-state index contributed by atoms with van der Waals surface area (Å²) in [6.07, 6.45) is 7.56. The minimum atomic E-state index is 0. The Morgan fingerprint density at radius 3 is 2.45 bits per heavy atom. The molecule has 2 N–H and O–H groups in total. The van der Waals surface area contributed by atoms with E-state index in [4.69, 9.17) is 0 Å². The molecule has 3 nitrogen and oxygen atoms in total. The second-order valence-corrected chi connectivity index (χ2v) is 6.70. The number of benzene rings is 1. The van der Waals surface area contributed by atoms with Crippen molar-refractivity contribution < 1.29 is 4.79 Å². The van der Waals surface area contributed by atoms with Crippen LogP contribution >= 0.6 is 12.4 Å². The summed E-state index contributed by atoms with van der Waals surface area (Å²) in [6.45, 7) is 2.24. The van der Waals surface area contributed by atoms with Gasteiger partial charge in [0.2, 0.25) is 5.91 Å². The largest absolute Gasteiger partial charge is 0.354 e. The molecule has 2 fully saturated rings. The fraction of sp³-hybridized carbons (Fsp3) is 0.611. The molecule has 0 atom stereocenters. The van der Waals surface area contributed by atoms with Gasteiger partial charge in [-0.2, -0.15) is 0 Å². The van der Waals surface area contributed by atoms with Gasteiger partial charge in [0.1, 0.15) is 0 Å². The standard InChI is InChI=1S/C18H26N2O.ClH/c21-17(13-19-12-15-8-9-15)20-14-18(10-4-5-11-18)16-6-2-1-3-7-16;/h1-3,6-7,15,19H,4-5,8-14H2,(H,20,21);1H. The predicted octanol–water partition coefficient (Wildman–Crippen LogP) is 3.04. The van der Waals surface area contributed by atoms with Crippen LogP contribution in [0, 0.1) is 5.92 Å². The van der Waals surface area contributed by atoms with Gasteiger partial charge in [0.15, 0.2) is 0 Å². The van der Waals surface area contributed by atoms with Crippen molar-refractivity contribution in [1.82, 2.24) is 10.6 Å². The molecule has 1 aromatic carbocycles. The minimum Gasteiger partial charge on any atom is -0.354 e. The van der Waals surface area contributed by atoms with E-state index in [1.807, 2.05) is 0 Å². The lowest BCUT2D eigenvalue weighted by Gasteiger charge is -2.30. The Bertz CT molecular complexity index is 467. The molecule has 0 spiro atoms. The number of amides is 1. The van der Waals surface area contributed by atoms with E-state index in [0.29, 0.717) is 6.54 Å². The van der Waals surface area contributed by atoms with Gasteiger partial charge in [-0.05, 0) is 43.7 Å². The zero-order chi connectivity index (χ0) is 14.5. The summed E-state index contributed by atoms with van der Waals surface area (Å²) in [7, 11) is 0. The topological polar surface area (TPSA) is 41.1 Å². The van der Waals surface area contributed by atoms with E-state index in [2.05, 4.69) is 41.0 Å². The average molecular weight is 323 g/mol. The Kier molecular flexibility index (Phi) is 6.27. The molecule has 0 radical (unpaired) electrons. The highest BCUT2D eigenvalue weighted by Crippen LogP contribution is 2.40. The van der Waals surface area contributed by atoms with Crippen molar-refractivity contribution in [2.45, 2.75) is 43.9 Å². The molecule has 0 bridgehead atoms. The highest BCUT2D eigenvalue weighted by molar-refractivity contribution is 5.85. The molecule has 2 saturated carbocycles. The minimum absolute atomic E-state index is 0. The van der Waals surface area contributed by atoms with Crippen LogP contribution < -0.4 is 10.6 Å². The third-order valence-electron chi connectivity index (χ3n) is 4.99. The Labute approximate surface area is 139 Å². The van der Waals surface area contributed by atoms with Crippen molar-refractivity contribution in [2.24, 2.45) is 5.92 Å². The molecule has 22 heavy (non-hydrogen) atoms. The maximum atomic E-state index is 12.0. The van der Waals surface area contributed by atoms with E-state index in [1.165, 1.54) is 44.1 Å². The second-order valence-electron chi connectivity index (χ2n) is 6.70. The highest BCUT2D eigenvalue weighted by Gasteiger charge is 2.35. The lowest BCUT2D eigenvalue weighted by atomic mass is 9.79. The first-order chi connectivity index (χ1) is 10.3. The Balaban J connectivity index is 0.00000176. The highest BCUT2D eigenvalue weighted by atomic mass is 35.5. The van der Waals surface area contributed by atoms with Crippen molar-refractivity contribution in [3.8, 4) is 0 Å². The molecule has 0 aliphatic heterocycles. The number of nitrogens with one attached hydrogen (secondary N) is 2. The van der Waals surface area contributed by atoms with Gasteiger partial charge in [-0.15, -0.1) is 12.4 Å². The summed E-state index contributed by atoms with van der Waals surface area (Å²) in [5.41, 5.74) is 1.54. The van der Waals surface area contributed by atoms with E-state index in [1.54, 1.807) is 0 Å². The van der Waals surface area contributed by atoms with Gasteiger partial charge < -0.3 is 10.6 Å². The summed E-state index contributed by atoms with van der Waals surface area (Å²) in [5, 5.41) is 6.42. The van der Waals surface area contributed by atoms with Gasteiger partial charge in [-0.1, -0.05) is 43.2 Å². The zero-order valence-corrected chi connectivity index (χ0v) is 14.0. The van der Waals surface area contributed by atoms with Crippen molar-refractivity contribution in [1.29, 1.82) is 0 Å². The van der Waals surface area contributed by atoms with Crippen LogP contribution in [0.15, 0.2) is 30.3 Å². The van der Waals surface area contributed by atoms with Crippen molar-refractivity contribution in [3.05, 3.63) is 35.9 Å². The lowest BCUT2D eigenvalue weighted by molar-refractivity contribution is -0.120. The molecule has 2 aliphatic carbocycles. The number of hydrogen-bond acceptors (Lipinski definition) is 2. The summed E-state index contributed by atoms with van der Waals surface area (Å²) in [4.78, 5) is 12.0. The Morgan fingerprint density at radius 2 is 1.82 bits per heavy atom. The Morgan fingerprint density at radius 1 is 1.14 bits per heavy atom. The lowest BCUT2D eigenvalue weighted by Crippen LogP contribution is -2.42. The van der Waals surface area contributed by atoms with Crippen LogP contribution in [0.5, 0.6) is 0 Å². The fourth-order valence-electron chi connectivity index (χ4n) is 3.45. The number of halogens is 1. The van der Waals surface area contributed by atoms with E-state index < -0.39 is 0 Å². The maximum Gasteiger partial charge on any atom is 0.233 e. The monoisotopic (exact) mass is 322 g/mol. The third kappa shape index (κ3) is 4.47. The summed E-state index contributed by atoms with van der Waals surface area (Å²) < 4.78 is 0. The Hall–Kier alpha value is -1.06. The second kappa shape index (κ2) is 7.98. The van der Waals surface area contributed by atoms with Crippen LogP contribution in [0.3, 0.4) is 0 Å². The van der Waals surface area contributed by atoms with Crippen molar-refractivity contribution >= 4 is 18.3 Å². The molecule has 0 aromatic heterocycles. The number of hydrogen-bond donors (Lipinski definition) is 2. The fourth-order valence-corrected chi connectivity index (χ4v) is 3.45. The molecule has 1 aromatic rings. The SMILES string of the molecule is Cl.O=C(CNCC1CC1)NCC1(c2ccccc2)CCCC1. The number of carbonyl (C=O) groups is 1. The van der Waals surface area contributed by atoms with Gasteiger partial charge in [0, 0.05) is 12.0 Å². The van der Waals surface area contributed by atoms with E-state index >= 15 is 0 Å². The first kappa shape index (κ1) is 17.3. The first-order valence-corrected chi connectivity index (χ1v) is 8.31. The normalized spacial score (nSPS) is 19.5. The van der Waals surface area contributed by atoms with Gasteiger partial charge in [-0.3, -0.25) is 4.79 Å². The summed E-state index contributed by atoms with van der Waals surface area (Å²) in [6, 6.07) is 10.7. The molecular weight excluding hydrogens is 296 g/mol. The van der Waals surface area contributed by atoms with Crippen LogP contribution in [0.25, 0.3) is 0 Å². The third-order valence-corrected chi connectivity index (χ3v) is 4.99. The smallest absolute Gasteiger partial charge is 0.233 e. The molecule has 0 unspecified atom stereocenters. The zero-order valence-electron chi connectivity index (χ0n) is 13.1.